The van der Waals surface area contributed by atoms with Crippen LogP contribution in [-0.4, -0.2) is 42.2 Å². The number of hydrogen-bond acceptors (Lipinski definition) is 4. The van der Waals surface area contributed by atoms with Crippen LogP contribution in [0.5, 0.6) is 0 Å². The van der Waals surface area contributed by atoms with E-state index >= 15 is 0 Å². The number of hydrogen-bond donors (Lipinski definition) is 1. The lowest BCUT2D eigenvalue weighted by atomic mass is 9.91. The van der Waals surface area contributed by atoms with Crippen molar-refractivity contribution < 1.29 is 23.1 Å². The second-order valence-electron chi connectivity index (χ2n) is 5.71. The van der Waals surface area contributed by atoms with E-state index in [1.165, 1.54) is 12.1 Å². The van der Waals surface area contributed by atoms with Gasteiger partial charge in [-0.2, -0.15) is 4.31 Å². The molecule has 1 heterocycles. The Morgan fingerprint density at radius 1 is 1.23 bits per heavy atom. The minimum atomic E-state index is -3.84. The number of ketones is 1. The molecule has 1 N–H and O–H groups in total. The summed E-state index contributed by atoms with van der Waals surface area (Å²) >= 11 is 0. The fourth-order valence-corrected chi connectivity index (χ4v) is 4.90. The van der Waals surface area contributed by atoms with Crippen molar-refractivity contribution in [2.24, 2.45) is 0 Å². The van der Waals surface area contributed by atoms with Crippen LogP contribution in [0.15, 0.2) is 23.1 Å². The highest BCUT2D eigenvalue weighted by atomic mass is 32.2. The summed E-state index contributed by atoms with van der Waals surface area (Å²) in [5, 5.41) is 9.17. The second kappa shape index (κ2) is 5.48. The molecule has 0 saturated carbocycles. The van der Waals surface area contributed by atoms with Gasteiger partial charge in [0.15, 0.2) is 5.78 Å². The molecule has 1 saturated heterocycles. The highest BCUT2D eigenvalue weighted by Crippen LogP contribution is 2.29. The number of benzene rings is 1. The number of carbonyl (C=O) groups is 2. The number of fused-ring (bicyclic) bond motifs is 1. The Hall–Kier alpha value is -1.73. The Morgan fingerprint density at radius 2 is 2.00 bits per heavy atom. The number of carbonyl (C=O) groups excluding carboxylic acids is 1. The Morgan fingerprint density at radius 3 is 2.73 bits per heavy atom. The number of rotatable bonds is 3. The van der Waals surface area contributed by atoms with Gasteiger partial charge in [0.2, 0.25) is 10.0 Å². The monoisotopic (exact) mass is 323 g/mol. The van der Waals surface area contributed by atoms with E-state index in [1.807, 2.05) is 0 Å². The number of aryl methyl sites for hydroxylation is 1. The average molecular weight is 323 g/mol. The molecule has 0 amide bonds. The van der Waals surface area contributed by atoms with Gasteiger partial charge < -0.3 is 5.11 Å². The van der Waals surface area contributed by atoms with Crippen molar-refractivity contribution in [2.45, 2.75) is 43.0 Å². The lowest BCUT2D eigenvalue weighted by Crippen LogP contribution is -2.40. The first-order valence-electron chi connectivity index (χ1n) is 7.32. The van der Waals surface area contributed by atoms with Gasteiger partial charge in [0.05, 0.1) is 4.90 Å². The first-order valence-corrected chi connectivity index (χ1v) is 8.76. The summed E-state index contributed by atoms with van der Waals surface area (Å²) in [6, 6.07) is 3.49. The van der Waals surface area contributed by atoms with Gasteiger partial charge in [-0.25, -0.2) is 8.42 Å². The lowest BCUT2D eigenvalue weighted by Gasteiger charge is -2.22. The highest BCUT2D eigenvalue weighted by Gasteiger charge is 2.39. The van der Waals surface area contributed by atoms with Crippen molar-refractivity contribution in [3.05, 3.63) is 29.3 Å². The van der Waals surface area contributed by atoms with Crippen LogP contribution in [0.3, 0.4) is 0 Å². The fraction of sp³-hybridized carbons (Fsp3) is 0.467. The zero-order valence-electron chi connectivity index (χ0n) is 12.0. The maximum atomic E-state index is 12.7. The molecule has 2 aliphatic rings. The van der Waals surface area contributed by atoms with Crippen LogP contribution >= 0.6 is 0 Å². The van der Waals surface area contributed by atoms with E-state index in [-0.39, 0.29) is 17.2 Å². The van der Waals surface area contributed by atoms with E-state index in [1.54, 1.807) is 6.07 Å². The van der Waals surface area contributed by atoms with Crippen molar-refractivity contribution in [3.63, 3.8) is 0 Å². The maximum absolute atomic E-state index is 12.7. The molecule has 118 valence electrons. The van der Waals surface area contributed by atoms with Gasteiger partial charge in [-0.3, -0.25) is 9.59 Å². The Balaban J connectivity index is 1.99. The summed E-state index contributed by atoms with van der Waals surface area (Å²) in [6.07, 6.45) is 2.76. The van der Waals surface area contributed by atoms with Crippen molar-refractivity contribution in [3.8, 4) is 0 Å². The summed E-state index contributed by atoms with van der Waals surface area (Å²) in [6.45, 7) is 0.218. The van der Waals surface area contributed by atoms with Crippen LogP contribution < -0.4 is 0 Å². The minimum Gasteiger partial charge on any atom is -0.480 e. The molecule has 1 aromatic carbocycles. The van der Waals surface area contributed by atoms with E-state index in [0.717, 1.165) is 16.3 Å². The van der Waals surface area contributed by atoms with Gasteiger partial charge in [-0.05, 0) is 49.4 Å². The molecule has 0 bridgehead atoms. The third kappa shape index (κ3) is 2.44. The van der Waals surface area contributed by atoms with Crippen molar-refractivity contribution in [2.75, 3.05) is 6.54 Å². The topological polar surface area (TPSA) is 91.8 Å². The number of nitrogens with zero attached hydrogens (tertiary/aromatic N) is 1. The highest BCUT2D eigenvalue weighted by molar-refractivity contribution is 7.89. The molecule has 1 aromatic rings. The SMILES string of the molecule is O=C1CCCc2cc(S(=O)(=O)N3CCC[C@H]3C(=O)O)ccc21. The molecule has 7 heteroatoms. The molecule has 1 fully saturated rings. The third-order valence-corrected chi connectivity index (χ3v) is 6.23. The molecule has 0 unspecified atom stereocenters. The predicted molar refractivity (Wildman–Crippen MR) is 78.3 cm³/mol. The van der Waals surface area contributed by atoms with Crippen molar-refractivity contribution in [1.82, 2.24) is 4.31 Å². The van der Waals surface area contributed by atoms with Crippen LogP contribution in [0.4, 0.5) is 0 Å². The van der Waals surface area contributed by atoms with Gasteiger partial charge in [0.1, 0.15) is 6.04 Å². The molecule has 1 atom stereocenters. The van der Waals surface area contributed by atoms with Gasteiger partial charge >= 0.3 is 5.97 Å². The van der Waals surface area contributed by atoms with Crippen LogP contribution in [0.2, 0.25) is 0 Å². The minimum absolute atomic E-state index is 0.0368. The number of carboxylic acid groups (broad SMARTS) is 1. The van der Waals surface area contributed by atoms with Crippen molar-refractivity contribution in [1.29, 1.82) is 0 Å². The van der Waals surface area contributed by atoms with Crippen LogP contribution in [0, 0.1) is 0 Å². The fourth-order valence-electron chi connectivity index (χ4n) is 3.19. The molecule has 0 spiro atoms. The van der Waals surface area contributed by atoms with Gasteiger partial charge in [0, 0.05) is 18.5 Å². The largest absolute Gasteiger partial charge is 0.480 e. The first kappa shape index (κ1) is 15.2. The van der Waals surface area contributed by atoms with Gasteiger partial charge in [-0.15, -0.1) is 0 Å². The Labute approximate surface area is 128 Å². The molecule has 6 nitrogen and oxygen atoms in total. The van der Waals surface area contributed by atoms with Gasteiger partial charge in [0.25, 0.3) is 0 Å². The molecule has 1 aliphatic carbocycles. The van der Waals surface area contributed by atoms with E-state index in [2.05, 4.69) is 0 Å². The predicted octanol–water partition coefficient (Wildman–Crippen LogP) is 1.44. The van der Waals surface area contributed by atoms with E-state index in [0.29, 0.717) is 31.2 Å². The lowest BCUT2D eigenvalue weighted by molar-refractivity contribution is -0.140. The number of Topliss-reactive ketones (excluding diaryl/α,β-unsaturated/α-hetero) is 1. The number of sulfonamides is 1. The molecular weight excluding hydrogens is 306 g/mol. The molecule has 1 aliphatic heterocycles. The standard InChI is InChI=1S/C15H17NO5S/c17-14-5-1-3-10-9-11(6-7-12(10)14)22(20,21)16-8-2-4-13(16)15(18)19/h6-7,9,13H,1-5,8H2,(H,18,19)/t13-/m0/s1. The third-order valence-electron chi connectivity index (χ3n) is 4.32. The molecular formula is C15H17NO5S. The Bertz CT molecular complexity index is 740. The van der Waals surface area contributed by atoms with E-state index in [4.69, 9.17) is 5.11 Å². The zero-order valence-corrected chi connectivity index (χ0v) is 12.8. The number of carboxylic acids is 1. The van der Waals surface area contributed by atoms with Crippen LogP contribution in [0.25, 0.3) is 0 Å². The average Bonchev–Trinajstić information content (AvgIpc) is 2.97. The smallest absolute Gasteiger partial charge is 0.322 e. The van der Waals surface area contributed by atoms with E-state index in [9.17, 15) is 18.0 Å². The summed E-state index contributed by atoms with van der Waals surface area (Å²) in [4.78, 5) is 23.1. The first-order chi connectivity index (χ1) is 10.4. The summed E-state index contributed by atoms with van der Waals surface area (Å²) < 4.78 is 26.4. The van der Waals surface area contributed by atoms with Crippen molar-refractivity contribution >= 4 is 21.8 Å². The zero-order chi connectivity index (χ0) is 15.9. The normalized spacial score (nSPS) is 22.5. The summed E-state index contributed by atoms with van der Waals surface area (Å²) in [5.41, 5.74) is 1.32. The van der Waals surface area contributed by atoms with Crippen LogP contribution in [0.1, 0.15) is 41.6 Å². The van der Waals surface area contributed by atoms with Gasteiger partial charge in [-0.1, -0.05) is 0 Å². The molecule has 0 radical (unpaired) electrons. The number of aliphatic carboxylic acids is 1. The molecule has 3 rings (SSSR count). The Kier molecular flexibility index (Phi) is 3.78. The second-order valence-corrected chi connectivity index (χ2v) is 7.60. The molecule has 0 aromatic heterocycles. The summed E-state index contributed by atoms with van der Waals surface area (Å²) in [5.74, 6) is -1.08. The quantitative estimate of drug-likeness (QED) is 0.909. The van der Waals surface area contributed by atoms with Crippen LogP contribution in [-0.2, 0) is 21.2 Å². The van der Waals surface area contributed by atoms with E-state index < -0.39 is 22.0 Å². The summed E-state index contributed by atoms with van der Waals surface area (Å²) in [7, 11) is -3.84. The molecule has 22 heavy (non-hydrogen) atoms. The maximum Gasteiger partial charge on any atom is 0.322 e.